The van der Waals surface area contributed by atoms with Gasteiger partial charge in [-0.3, -0.25) is 0 Å². The van der Waals surface area contributed by atoms with Crippen molar-refractivity contribution in [2.24, 2.45) is 4.99 Å². The number of phenols is 1. The fourth-order valence-corrected chi connectivity index (χ4v) is 1.70. The topological polar surface area (TPSA) is 56.7 Å². The summed E-state index contributed by atoms with van der Waals surface area (Å²) in [5.41, 5.74) is 1.07. The molecular weight excluding hydrogens is 397 g/mol. The molecule has 120 valence electrons. The highest BCUT2D eigenvalue weighted by Crippen LogP contribution is 2.19. The van der Waals surface area contributed by atoms with Crippen molar-refractivity contribution in [3.63, 3.8) is 0 Å². The normalized spacial score (nSPS) is 11.7. The number of benzene rings is 1. The molecule has 0 saturated heterocycles. The molecular formula is C15H26IN3OS. The first kappa shape index (κ1) is 20.4. The van der Waals surface area contributed by atoms with E-state index in [1.54, 1.807) is 12.1 Å². The third-order valence-corrected chi connectivity index (χ3v) is 4.18. The minimum Gasteiger partial charge on any atom is -0.508 e. The van der Waals surface area contributed by atoms with E-state index < -0.39 is 0 Å². The summed E-state index contributed by atoms with van der Waals surface area (Å²) in [6, 6.07) is 7.13. The zero-order chi connectivity index (χ0) is 15.0. The molecule has 0 radical (unpaired) electrons. The number of hydrogen-bond acceptors (Lipinski definition) is 3. The number of rotatable bonds is 6. The van der Waals surface area contributed by atoms with Crippen LogP contribution in [0.3, 0.4) is 0 Å². The van der Waals surface area contributed by atoms with Gasteiger partial charge < -0.3 is 15.7 Å². The Morgan fingerprint density at radius 1 is 1.24 bits per heavy atom. The van der Waals surface area contributed by atoms with E-state index in [1.165, 1.54) is 0 Å². The molecule has 1 aromatic rings. The molecule has 1 aromatic carbocycles. The standard InChI is InChI=1S/C15H25N3OS.HI/c1-5-16-14(18-11-15(2,3)20-4)17-10-12-6-8-13(19)9-7-12;/h6-9,19H,5,10-11H2,1-4H3,(H2,16,17,18);1H. The molecule has 0 aliphatic carbocycles. The van der Waals surface area contributed by atoms with Crippen molar-refractivity contribution in [3.05, 3.63) is 29.8 Å². The second-order valence-electron chi connectivity index (χ2n) is 5.18. The maximum absolute atomic E-state index is 9.26. The van der Waals surface area contributed by atoms with E-state index in [0.29, 0.717) is 6.54 Å². The zero-order valence-corrected chi connectivity index (χ0v) is 16.3. The van der Waals surface area contributed by atoms with Gasteiger partial charge in [0.2, 0.25) is 0 Å². The Hall–Kier alpha value is -0.630. The summed E-state index contributed by atoms with van der Waals surface area (Å²) < 4.78 is 0.175. The second kappa shape index (κ2) is 10.2. The Kier molecular flexibility index (Phi) is 9.85. The summed E-state index contributed by atoms with van der Waals surface area (Å²) in [5, 5.41) is 15.9. The lowest BCUT2D eigenvalue weighted by molar-refractivity contribution is 0.475. The summed E-state index contributed by atoms with van der Waals surface area (Å²) >= 11 is 1.83. The molecule has 0 fully saturated rings. The molecule has 0 aromatic heterocycles. The van der Waals surface area contributed by atoms with E-state index in [2.05, 4.69) is 42.7 Å². The molecule has 0 heterocycles. The highest BCUT2D eigenvalue weighted by Gasteiger charge is 2.15. The first-order valence-electron chi connectivity index (χ1n) is 6.82. The van der Waals surface area contributed by atoms with Crippen LogP contribution in [0.1, 0.15) is 26.3 Å². The number of halogens is 1. The van der Waals surface area contributed by atoms with E-state index in [9.17, 15) is 5.11 Å². The van der Waals surface area contributed by atoms with Crippen LogP contribution in [0.2, 0.25) is 0 Å². The Bertz CT molecular complexity index is 435. The van der Waals surface area contributed by atoms with Crippen LogP contribution < -0.4 is 10.6 Å². The van der Waals surface area contributed by atoms with Gasteiger partial charge in [0.15, 0.2) is 5.96 Å². The second-order valence-corrected chi connectivity index (χ2v) is 6.69. The fourth-order valence-electron chi connectivity index (χ4n) is 1.48. The summed E-state index contributed by atoms with van der Waals surface area (Å²) in [7, 11) is 0. The molecule has 0 atom stereocenters. The lowest BCUT2D eigenvalue weighted by Gasteiger charge is -2.23. The fraction of sp³-hybridized carbons (Fsp3) is 0.533. The molecule has 0 spiro atoms. The van der Waals surface area contributed by atoms with E-state index in [0.717, 1.165) is 24.6 Å². The first-order valence-corrected chi connectivity index (χ1v) is 8.04. The van der Waals surface area contributed by atoms with Gasteiger partial charge in [0.05, 0.1) is 6.54 Å². The Morgan fingerprint density at radius 3 is 2.38 bits per heavy atom. The zero-order valence-electron chi connectivity index (χ0n) is 13.1. The van der Waals surface area contributed by atoms with Gasteiger partial charge in [-0.15, -0.1) is 24.0 Å². The average molecular weight is 423 g/mol. The van der Waals surface area contributed by atoms with E-state index in [1.807, 2.05) is 23.9 Å². The highest BCUT2D eigenvalue weighted by atomic mass is 127. The Labute approximate surface area is 149 Å². The minimum atomic E-state index is 0. The third kappa shape index (κ3) is 8.40. The summed E-state index contributed by atoms with van der Waals surface area (Å²) in [6.07, 6.45) is 2.11. The lowest BCUT2D eigenvalue weighted by Crippen LogP contribution is -2.43. The van der Waals surface area contributed by atoms with Gasteiger partial charge in [-0.05, 0) is 44.7 Å². The number of aromatic hydroxyl groups is 1. The van der Waals surface area contributed by atoms with Crippen LogP contribution in [0.5, 0.6) is 5.75 Å². The number of nitrogens with one attached hydrogen (secondary N) is 2. The van der Waals surface area contributed by atoms with Crippen LogP contribution in [0.4, 0.5) is 0 Å². The number of thioether (sulfide) groups is 1. The quantitative estimate of drug-likeness (QED) is 0.374. The summed E-state index contributed by atoms with van der Waals surface area (Å²) in [6.45, 7) is 8.74. The minimum absolute atomic E-state index is 0. The van der Waals surface area contributed by atoms with Crippen LogP contribution in [0.25, 0.3) is 0 Å². The highest BCUT2D eigenvalue weighted by molar-refractivity contribution is 14.0. The molecule has 0 unspecified atom stereocenters. The van der Waals surface area contributed by atoms with Crippen molar-refractivity contribution in [3.8, 4) is 5.75 Å². The van der Waals surface area contributed by atoms with Crippen molar-refractivity contribution in [1.82, 2.24) is 10.6 Å². The molecule has 0 aliphatic heterocycles. The van der Waals surface area contributed by atoms with Crippen LogP contribution >= 0.6 is 35.7 Å². The molecule has 1 rings (SSSR count). The predicted molar refractivity (Wildman–Crippen MR) is 104 cm³/mol. The van der Waals surface area contributed by atoms with Crippen LogP contribution in [-0.4, -0.2) is 35.2 Å². The first-order chi connectivity index (χ1) is 9.46. The van der Waals surface area contributed by atoms with Crippen LogP contribution in [0, 0.1) is 0 Å². The lowest BCUT2D eigenvalue weighted by atomic mass is 10.2. The molecule has 0 bridgehead atoms. The summed E-state index contributed by atoms with van der Waals surface area (Å²) in [4.78, 5) is 4.55. The predicted octanol–water partition coefficient (Wildman–Crippen LogP) is 3.21. The van der Waals surface area contributed by atoms with Crippen molar-refractivity contribution in [2.45, 2.75) is 32.1 Å². The maximum atomic E-state index is 9.26. The molecule has 6 heteroatoms. The molecule has 0 amide bonds. The van der Waals surface area contributed by atoms with Gasteiger partial charge in [0.1, 0.15) is 5.75 Å². The van der Waals surface area contributed by atoms with Gasteiger partial charge in [-0.1, -0.05) is 12.1 Å². The van der Waals surface area contributed by atoms with Crippen molar-refractivity contribution in [1.29, 1.82) is 0 Å². The smallest absolute Gasteiger partial charge is 0.191 e. The Morgan fingerprint density at radius 2 is 1.86 bits per heavy atom. The molecule has 4 nitrogen and oxygen atoms in total. The van der Waals surface area contributed by atoms with Gasteiger partial charge in [-0.25, -0.2) is 4.99 Å². The number of phenolic OH excluding ortho intramolecular Hbond substituents is 1. The molecule has 21 heavy (non-hydrogen) atoms. The van der Waals surface area contributed by atoms with Gasteiger partial charge in [0.25, 0.3) is 0 Å². The number of guanidine groups is 1. The summed E-state index contributed by atoms with van der Waals surface area (Å²) in [5.74, 6) is 1.10. The van der Waals surface area contributed by atoms with E-state index in [4.69, 9.17) is 0 Å². The van der Waals surface area contributed by atoms with Gasteiger partial charge >= 0.3 is 0 Å². The van der Waals surface area contributed by atoms with Gasteiger partial charge in [0, 0.05) is 17.8 Å². The van der Waals surface area contributed by atoms with Crippen molar-refractivity contribution >= 4 is 41.7 Å². The monoisotopic (exact) mass is 423 g/mol. The average Bonchev–Trinajstić information content (AvgIpc) is 2.44. The Balaban J connectivity index is 0.00000400. The molecule has 0 saturated carbocycles. The van der Waals surface area contributed by atoms with E-state index >= 15 is 0 Å². The number of hydrogen-bond donors (Lipinski definition) is 3. The van der Waals surface area contributed by atoms with Crippen molar-refractivity contribution < 1.29 is 5.11 Å². The van der Waals surface area contributed by atoms with Crippen LogP contribution in [-0.2, 0) is 6.54 Å². The number of aliphatic imine (C=N–C) groups is 1. The molecule has 0 aliphatic rings. The third-order valence-electron chi connectivity index (χ3n) is 2.93. The SMILES string of the molecule is CCNC(=NCc1ccc(O)cc1)NCC(C)(C)SC.I. The number of nitrogens with zero attached hydrogens (tertiary/aromatic N) is 1. The van der Waals surface area contributed by atoms with E-state index in [-0.39, 0.29) is 34.5 Å². The van der Waals surface area contributed by atoms with Gasteiger partial charge in [-0.2, -0.15) is 11.8 Å². The largest absolute Gasteiger partial charge is 0.508 e. The van der Waals surface area contributed by atoms with Crippen LogP contribution in [0.15, 0.2) is 29.3 Å². The molecule has 3 N–H and O–H groups in total. The maximum Gasteiger partial charge on any atom is 0.191 e. The van der Waals surface area contributed by atoms with Crippen molar-refractivity contribution in [2.75, 3.05) is 19.3 Å².